The lowest BCUT2D eigenvalue weighted by Gasteiger charge is -2.19. The van der Waals surface area contributed by atoms with Gasteiger partial charge in [-0.15, -0.1) is 0 Å². The first-order chi connectivity index (χ1) is 10.2. The number of ether oxygens (including phenoxy) is 1. The van der Waals surface area contributed by atoms with Crippen molar-refractivity contribution >= 4 is 15.9 Å². The van der Waals surface area contributed by atoms with E-state index in [1.54, 1.807) is 7.11 Å². The Bertz CT molecular complexity index is 585. The van der Waals surface area contributed by atoms with Crippen molar-refractivity contribution in [1.82, 2.24) is 15.0 Å². The van der Waals surface area contributed by atoms with Gasteiger partial charge in [0.1, 0.15) is 11.6 Å². The molecule has 0 aliphatic heterocycles. The van der Waals surface area contributed by atoms with E-state index in [1.807, 2.05) is 30.6 Å². The second-order valence-electron chi connectivity index (χ2n) is 4.85. The summed E-state index contributed by atoms with van der Waals surface area (Å²) >= 11 is 3.58. The summed E-state index contributed by atoms with van der Waals surface area (Å²) in [6.07, 6.45) is 5.63. The molecule has 1 atom stereocenters. The van der Waals surface area contributed by atoms with Gasteiger partial charge in [-0.3, -0.25) is 11.3 Å². The minimum atomic E-state index is -0.0347. The highest BCUT2D eigenvalue weighted by molar-refractivity contribution is 9.10. The molecule has 0 aliphatic rings. The van der Waals surface area contributed by atoms with E-state index in [9.17, 15) is 0 Å². The molecule has 5 nitrogen and oxygen atoms in total. The van der Waals surface area contributed by atoms with E-state index < -0.39 is 0 Å². The maximum absolute atomic E-state index is 5.76. The molecule has 1 aromatic carbocycles. The molecule has 0 bridgehead atoms. The number of methoxy groups -OCH3 is 1. The minimum absolute atomic E-state index is 0.0347. The van der Waals surface area contributed by atoms with Gasteiger partial charge in [-0.1, -0.05) is 22.9 Å². The highest BCUT2D eigenvalue weighted by atomic mass is 79.9. The van der Waals surface area contributed by atoms with E-state index in [-0.39, 0.29) is 6.04 Å². The lowest BCUT2D eigenvalue weighted by Crippen LogP contribution is -2.30. The number of hydrogen-bond acceptors (Lipinski definition) is 4. The van der Waals surface area contributed by atoms with Crippen molar-refractivity contribution in [2.45, 2.75) is 32.4 Å². The quantitative estimate of drug-likeness (QED) is 0.594. The van der Waals surface area contributed by atoms with Crippen molar-refractivity contribution in [3.8, 4) is 5.75 Å². The number of benzene rings is 1. The Morgan fingerprint density at radius 1 is 1.48 bits per heavy atom. The Morgan fingerprint density at radius 2 is 2.29 bits per heavy atom. The van der Waals surface area contributed by atoms with Crippen molar-refractivity contribution in [2.75, 3.05) is 7.11 Å². The van der Waals surface area contributed by atoms with Gasteiger partial charge in [0.2, 0.25) is 0 Å². The summed E-state index contributed by atoms with van der Waals surface area (Å²) in [5.41, 5.74) is 3.94. The van der Waals surface area contributed by atoms with Crippen LogP contribution in [0.25, 0.3) is 0 Å². The number of imidazole rings is 1. The van der Waals surface area contributed by atoms with Crippen LogP contribution in [0.4, 0.5) is 0 Å². The zero-order valence-electron chi connectivity index (χ0n) is 12.3. The van der Waals surface area contributed by atoms with Crippen LogP contribution in [-0.4, -0.2) is 16.7 Å². The number of aromatic nitrogens is 2. The molecule has 21 heavy (non-hydrogen) atoms. The average Bonchev–Trinajstić information content (AvgIpc) is 2.93. The Balaban J connectivity index is 2.25. The molecule has 0 saturated heterocycles. The minimum Gasteiger partial charge on any atom is -0.497 e. The van der Waals surface area contributed by atoms with Crippen LogP contribution in [0.3, 0.4) is 0 Å². The molecule has 0 spiro atoms. The third kappa shape index (κ3) is 3.84. The average molecular weight is 353 g/mol. The molecule has 1 aromatic heterocycles. The van der Waals surface area contributed by atoms with Crippen LogP contribution in [0.1, 0.15) is 30.8 Å². The number of halogens is 1. The summed E-state index contributed by atoms with van der Waals surface area (Å²) < 4.78 is 8.46. The molecule has 0 fully saturated rings. The molecule has 1 unspecified atom stereocenters. The van der Waals surface area contributed by atoms with Crippen molar-refractivity contribution in [1.29, 1.82) is 0 Å². The van der Waals surface area contributed by atoms with Gasteiger partial charge in [0.05, 0.1) is 13.2 Å². The van der Waals surface area contributed by atoms with Gasteiger partial charge in [0, 0.05) is 29.8 Å². The Labute approximate surface area is 133 Å². The van der Waals surface area contributed by atoms with E-state index in [0.29, 0.717) is 0 Å². The first-order valence-corrected chi connectivity index (χ1v) is 7.78. The summed E-state index contributed by atoms with van der Waals surface area (Å²) in [4.78, 5) is 4.44. The number of aryl methyl sites for hydroxylation is 1. The van der Waals surface area contributed by atoms with Crippen molar-refractivity contribution in [3.63, 3.8) is 0 Å². The highest BCUT2D eigenvalue weighted by Gasteiger charge is 2.17. The Hall–Kier alpha value is -1.37. The van der Waals surface area contributed by atoms with E-state index >= 15 is 0 Å². The second kappa shape index (κ2) is 7.59. The smallest absolute Gasteiger partial charge is 0.119 e. The van der Waals surface area contributed by atoms with Gasteiger partial charge in [-0.25, -0.2) is 4.98 Å². The summed E-state index contributed by atoms with van der Waals surface area (Å²) in [5, 5.41) is 0. The molecule has 0 amide bonds. The molecule has 114 valence electrons. The number of nitrogens with zero attached hydrogens (tertiary/aromatic N) is 2. The topological polar surface area (TPSA) is 65.1 Å². The lowest BCUT2D eigenvalue weighted by molar-refractivity contribution is 0.412. The zero-order valence-corrected chi connectivity index (χ0v) is 13.9. The van der Waals surface area contributed by atoms with Gasteiger partial charge in [0.25, 0.3) is 0 Å². The fourth-order valence-corrected chi connectivity index (χ4v) is 2.85. The van der Waals surface area contributed by atoms with E-state index in [1.165, 1.54) is 0 Å². The third-order valence-corrected chi connectivity index (χ3v) is 4.15. The molecule has 2 rings (SSSR count). The van der Waals surface area contributed by atoms with Crippen LogP contribution in [0.2, 0.25) is 0 Å². The number of hydrazine groups is 1. The van der Waals surface area contributed by atoms with Gasteiger partial charge in [-0.05, 0) is 30.2 Å². The molecule has 1 heterocycles. The predicted molar refractivity (Wildman–Crippen MR) is 87.0 cm³/mol. The molecule has 3 N–H and O–H groups in total. The van der Waals surface area contributed by atoms with E-state index in [4.69, 9.17) is 10.6 Å². The lowest BCUT2D eigenvalue weighted by atomic mass is 10.0. The van der Waals surface area contributed by atoms with Gasteiger partial charge in [0.15, 0.2) is 0 Å². The summed E-state index contributed by atoms with van der Waals surface area (Å²) in [6, 6.07) is 5.84. The molecule has 6 heteroatoms. The second-order valence-corrected chi connectivity index (χ2v) is 5.70. The Morgan fingerprint density at radius 3 is 2.95 bits per heavy atom. The maximum atomic E-state index is 5.76. The Kier molecular flexibility index (Phi) is 5.78. The normalized spacial score (nSPS) is 12.4. The number of hydrogen-bond donors (Lipinski definition) is 2. The monoisotopic (exact) mass is 352 g/mol. The van der Waals surface area contributed by atoms with Gasteiger partial charge < -0.3 is 9.30 Å². The molecule has 0 aliphatic carbocycles. The van der Waals surface area contributed by atoms with E-state index in [2.05, 4.69) is 37.8 Å². The number of rotatable bonds is 7. The highest BCUT2D eigenvalue weighted by Crippen LogP contribution is 2.29. The fourth-order valence-electron chi connectivity index (χ4n) is 2.33. The van der Waals surface area contributed by atoms with Gasteiger partial charge in [-0.2, -0.15) is 0 Å². The van der Waals surface area contributed by atoms with Crippen LogP contribution >= 0.6 is 15.9 Å². The molecule has 2 aromatic rings. The van der Waals surface area contributed by atoms with Crippen LogP contribution in [0.15, 0.2) is 35.1 Å². The maximum Gasteiger partial charge on any atom is 0.119 e. The predicted octanol–water partition coefficient (Wildman–Crippen LogP) is 2.81. The van der Waals surface area contributed by atoms with Crippen LogP contribution in [0.5, 0.6) is 5.75 Å². The molecular formula is C15H21BrN4O. The van der Waals surface area contributed by atoms with Crippen LogP contribution in [0, 0.1) is 0 Å². The summed E-state index contributed by atoms with van der Waals surface area (Å²) in [6.45, 7) is 3.12. The molecule has 0 saturated carbocycles. The van der Waals surface area contributed by atoms with Crippen LogP contribution < -0.4 is 16.0 Å². The largest absolute Gasteiger partial charge is 0.497 e. The van der Waals surface area contributed by atoms with Crippen LogP contribution in [-0.2, 0) is 13.0 Å². The first kappa shape index (κ1) is 16.0. The SMILES string of the molecule is CCCn1ccnc1CC(NN)c1cc(OC)ccc1Br. The number of nitrogens with one attached hydrogen (secondary N) is 1. The summed E-state index contributed by atoms with van der Waals surface area (Å²) in [5.74, 6) is 7.59. The van der Waals surface area contributed by atoms with Gasteiger partial charge >= 0.3 is 0 Å². The third-order valence-electron chi connectivity index (χ3n) is 3.43. The number of nitrogens with two attached hydrogens (primary N) is 1. The van der Waals surface area contributed by atoms with Crippen molar-refractivity contribution < 1.29 is 4.74 Å². The first-order valence-electron chi connectivity index (χ1n) is 6.99. The zero-order chi connectivity index (χ0) is 15.2. The van der Waals surface area contributed by atoms with E-state index in [0.717, 1.165) is 41.0 Å². The standard InChI is InChI=1S/C15H21BrN4O/c1-3-7-20-8-6-18-15(20)10-14(19-17)12-9-11(21-2)4-5-13(12)16/h4-6,8-9,14,19H,3,7,10,17H2,1-2H3. The van der Waals surface area contributed by atoms with Crippen molar-refractivity contribution in [3.05, 3.63) is 46.5 Å². The van der Waals surface area contributed by atoms with Crippen molar-refractivity contribution in [2.24, 2.45) is 5.84 Å². The molecular weight excluding hydrogens is 332 g/mol. The fraction of sp³-hybridized carbons (Fsp3) is 0.400. The summed E-state index contributed by atoms with van der Waals surface area (Å²) in [7, 11) is 1.66. The molecule has 0 radical (unpaired) electrons.